The van der Waals surface area contributed by atoms with Gasteiger partial charge in [-0.15, -0.1) is 0 Å². The minimum Gasteiger partial charge on any atom is -0.437 e. The zero-order valence-electron chi connectivity index (χ0n) is 8.43. The van der Waals surface area contributed by atoms with Gasteiger partial charge in [-0.1, -0.05) is 17.7 Å². The Balaban J connectivity index is 2.20. The van der Waals surface area contributed by atoms with E-state index in [-0.39, 0.29) is 0 Å². The zero-order chi connectivity index (χ0) is 11.4. The molecule has 0 aliphatic carbocycles. The molecular weight excluding hydrogens is 226 g/mol. The van der Waals surface area contributed by atoms with Crippen LogP contribution in [0.2, 0.25) is 5.02 Å². The highest BCUT2D eigenvalue weighted by Gasteiger charge is 2.00. The lowest BCUT2D eigenvalue weighted by Gasteiger charge is -2.05. The first-order valence-electron chi connectivity index (χ1n) is 4.72. The first kappa shape index (κ1) is 10.9. The van der Waals surface area contributed by atoms with Crippen LogP contribution < -0.4 is 10.5 Å². The van der Waals surface area contributed by atoms with Gasteiger partial charge in [0.15, 0.2) is 0 Å². The van der Waals surface area contributed by atoms with Gasteiger partial charge in [-0.05, 0) is 6.07 Å². The van der Waals surface area contributed by atoms with Crippen molar-refractivity contribution in [2.45, 2.75) is 6.54 Å². The second-order valence-electron chi connectivity index (χ2n) is 3.11. The number of halogens is 1. The van der Waals surface area contributed by atoms with E-state index >= 15 is 0 Å². The Hall–Kier alpha value is -1.65. The van der Waals surface area contributed by atoms with Gasteiger partial charge >= 0.3 is 0 Å². The van der Waals surface area contributed by atoms with Gasteiger partial charge in [0.1, 0.15) is 5.75 Å². The Morgan fingerprint density at radius 1 is 1.31 bits per heavy atom. The van der Waals surface area contributed by atoms with E-state index in [0.29, 0.717) is 23.2 Å². The van der Waals surface area contributed by atoms with Gasteiger partial charge in [-0.2, -0.15) is 0 Å². The number of hydrogen-bond acceptors (Lipinski definition) is 4. The van der Waals surface area contributed by atoms with Gasteiger partial charge < -0.3 is 10.5 Å². The summed E-state index contributed by atoms with van der Waals surface area (Å²) in [5.41, 5.74) is 6.26. The normalized spacial score (nSPS) is 10.1. The van der Waals surface area contributed by atoms with E-state index in [0.717, 1.165) is 5.69 Å². The van der Waals surface area contributed by atoms with Crippen molar-refractivity contribution in [1.29, 1.82) is 0 Å². The van der Waals surface area contributed by atoms with Crippen LogP contribution in [0.15, 0.2) is 36.7 Å². The summed E-state index contributed by atoms with van der Waals surface area (Å²) in [5.74, 6) is 1.03. The van der Waals surface area contributed by atoms with Crippen molar-refractivity contribution < 1.29 is 4.74 Å². The molecule has 0 saturated heterocycles. The van der Waals surface area contributed by atoms with Gasteiger partial charge in [0.2, 0.25) is 5.88 Å². The summed E-state index contributed by atoms with van der Waals surface area (Å²) in [7, 11) is 0. The largest absolute Gasteiger partial charge is 0.437 e. The smallest absolute Gasteiger partial charge is 0.219 e. The predicted molar refractivity (Wildman–Crippen MR) is 61.4 cm³/mol. The van der Waals surface area contributed by atoms with Gasteiger partial charge in [0.05, 0.1) is 16.9 Å². The van der Waals surface area contributed by atoms with Crippen molar-refractivity contribution in [3.05, 3.63) is 47.4 Å². The molecule has 2 N–H and O–H groups in total. The van der Waals surface area contributed by atoms with E-state index in [9.17, 15) is 0 Å². The summed E-state index contributed by atoms with van der Waals surface area (Å²) in [6.45, 7) is 0.380. The third kappa shape index (κ3) is 2.68. The summed E-state index contributed by atoms with van der Waals surface area (Å²) in [5, 5.41) is 0.521. The van der Waals surface area contributed by atoms with Crippen molar-refractivity contribution in [3.8, 4) is 11.6 Å². The molecule has 16 heavy (non-hydrogen) atoms. The van der Waals surface area contributed by atoms with Gasteiger partial charge in [-0.3, -0.25) is 4.98 Å². The molecule has 82 valence electrons. The van der Waals surface area contributed by atoms with Gasteiger partial charge in [0, 0.05) is 24.9 Å². The second kappa shape index (κ2) is 4.92. The fourth-order valence-corrected chi connectivity index (χ4v) is 1.36. The van der Waals surface area contributed by atoms with E-state index in [1.165, 1.54) is 6.20 Å². The molecule has 0 aromatic carbocycles. The van der Waals surface area contributed by atoms with Crippen molar-refractivity contribution in [3.63, 3.8) is 0 Å². The molecule has 0 bridgehead atoms. The molecule has 4 nitrogen and oxygen atoms in total. The van der Waals surface area contributed by atoms with Crippen LogP contribution in [0.5, 0.6) is 11.6 Å². The van der Waals surface area contributed by atoms with E-state index in [4.69, 9.17) is 22.1 Å². The summed E-state index contributed by atoms with van der Waals surface area (Å²) in [4.78, 5) is 8.11. The third-order valence-electron chi connectivity index (χ3n) is 1.89. The highest BCUT2D eigenvalue weighted by molar-refractivity contribution is 6.30. The SMILES string of the molecule is NCc1cccc(Oc2cncc(Cl)c2)n1. The average molecular weight is 236 g/mol. The molecule has 2 aromatic rings. The predicted octanol–water partition coefficient (Wildman–Crippen LogP) is 2.38. The Labute approximate surface area is 98.0 Å². The highest BCUT2D eigenvalue weighted by Crippen LogP contribution is 2.21. The Kier molecular flexibility index (Phi) is 3.34. The Morgan fingerprint density at radius 2 is 2.19 bits per heavy atom. The number of ether oxygens (including phenoxy) is 1. The molecule has 2 heterocycles. The topological polar surface area (TPSA) is 61.0 Å². The summed E-state index contributed by atoms with van der Waals surface area (Å²) in [6, 6.07) is 7.09. The zero-order valence-corrected chi connectivity index (χ0v) is 9.19. The van der Waals surface area contributed by atoms with Crippen LogP contribution in [0.25, 0.3) is 0 Å². The molecule has 5 heteroatoms. The van der Waals surface area contributed by atoms with Crippen molar-refractivity contribution in [1.82, 2.24) is 9.97 Å². The molecular formula is C11H10ClN3O. The quantitative estimate of drug-likeness (QED) is 0.887. The Bertz CT molecular complexity index is 490. The van der Waals surface area contributed by atoms with Crippen molar-refractivity contribution >= 4 is 11.6 Å². The lowest BCUT2D eigenvalue weighted by atomic mass is 10.3. The standard InChI is InChI=1S/C11H10ClN3O/c12-8-4-10(7-14-6-8)16-11-3-1-2-9(5-13)15-11/h1-4,6-7H,5,13H2. The first-order chi connectivity index (χ1) is 7.78. The molecule has 2 aromatic heterocycles. The molecule has 0 amide bonds. The molecule has 0 aliphatic heterocycles. The van der Waals surface area contributed by atoms with Crippen LogP contribution in [0.3, 0.4) is 0 Å². The maximum Gasteiger partial charge on any atom is 0.219 e. The van der Waals surface area contributed by atoms with E-state index in [1.807, 2.05) is 12.1 Å². The van der Waals surface area contributed by atoms with Gasteiger partial charge in [-0.25, -0.2) is 4.98 Å². The lowest BCUT2D eigenvalue weighted by Crippen LogP contribution is -2.00. The van der Waals surface area contributed by atoms with Crippen LogP contribution in [0.4, 0.5) is 0 Å². The number of pyridine rings is 2. The third-order valence-corrected chi connectivity index (χ3v) is 2.10. The van der Waals surface area contributed by atoms with Crippen LogP contribution in [-0.4, -0.2) is 9.97 Å². The molecule has 0 aliphatic rings. The van der Waals surface area contributed by atoms with Crippen molar-refractivity contribution in [2.24, 2.45) is 5.73 Å². The van der Waals surface area contributed by atoms with Crippen LogP contribution >= 0.6 is 11.6 Å². The number of aromatic nitrogens is 2. The second-order valence-corrected chi connectivity index (χ2v) is 3.55. The molecule has 0 fully saturated rings. The van der Waals surface area contributed by atoms with E-state index in [1.54, 1.807) is 18.3 Å². The monoisotopic (exact) mass is 235 g/mol. The summed E-state index contributed by atoms with van der Waals surface area (Å²) in [6.07, 6.45) is 3.11. The molecule has 0 spiro atoms. The lowest BCUT2D eigenvalue weighted by molar-refractivity contribution is 0.458. The number of nitrogens with two attached hydrogens (primary N) is 1. The molecule has 0 atom stereocenters. The van der Waals surface area contributed by atoms with Crippen LogP contribution in [-0.2, 0) is 6.54 Å². The first-order valence-corrected chi connectivity index (χ1v) is 5.10. The minimum absolute atomic E-state index is 0.380. The fraction of sp³-hybridized carbons (Fsp3) is 0.0909. The number of hydrogen-bond donors (Lipinski definition) is 1. The van der Waals surface area contributed by atoms with Crippen LogP contribution in [0, 0.1) is 0 Å². The van der Waals surface area contributed by atoms with Crippen molar-refractivity contribution in [2.75, 3.05) is 0 Å². The maximum absolute atomic E-state index is 5.79. The molecule has 0 radical (unpaired) electrons. The molecule has 0 saturated carbocycles. The van der Waals surface area contributed by atoms with Crippen LogP contribution in [0.1, 0.15) is 5.69 Å². The Morgan fingerprint density at radius 3 is 2.94 bits per heavy atom. The highest BCUT2D eigenvalue weighted by atomic mass is 35.5. The maximum atomic E-state index is 5.79. The van der Waals surface area contributed by atoms with Gasteiger partial charge in [0.25, 0.3) is 0 Å². The molecule has 2 rings (SSSR count). The van der Waals surface area contributed by atoms with E-state index in [2.05, 4.69) is 9.97 Å². The van der Waals surface area contributed by atoms with E-state index < -0.39 is 0 Å². The minimum atomic E-state index is 0.380. The number of nitrogens with zero attached hydrogens (tertiary/aromatic N) is 2. The number of rotatable bonds is 3. The summed E-state index contributed by atoms with van der Waals surface area (Å²) >= 11 is 5.79. The summed E-state index contributed by atoms with van der Waals surface area (Å²) < 4.78 is 5.49. The molecule has 0 unspecified atom stereocenters. The average Bonchev–Trinajstić information content (AvgIpc) is 2.29. The fourth-order valence-electron chi connectivity index (χ4n) is 1.20.